The van der Waals surface area contributed by atoms with Gasteiger partial charge in [-0.3, -0.25) is 19.2 Å². The molecule has 0 saturated heterocycles. The van der Waals surface area contributed by atoms with Crippen LogP contribution in [0.3, 0.4) is 0 Å². The molecule has 0 heterocycles. The number of carboxylic acids is 2. The fourth-order valence-corrected chi connectivity index (χ4v) is 2.14. The van der Waals surface area contributed by atoms with Gasteiger partial charge in [0.1, 0.15) is 5.41 Å². The first kappa shape index (κ1) is 16.3. The maximum absolute atomic E-state index is 11.7. The van der Waals surface area contributed by atoms with Crippen molar-refractivity contribution in [3.8, 4) is 0 Å². The molecule has 1 fully saturated rings. The zero-order valence-corrected chi connectivity index (χ0v) is 11.4. The monoisotopic (exact) mass is 284 g/mol. The summed E-state index contributed by atoms with van der Waals surface area (Å²) in [6.45, 7) is 0. The fraction of sp³-hybridized carbons (Fsp3) is 0.714. The highest BCUT2D eigenvalue weighted by atomic mass is 16.4. The molecule has 0 radical (unpaired) electrons. The van der Waals surface area contributed by atoms with Crippen LogP contribution in [0.4, 0.5) is 0 Å². The van der Waals surface area contributed by atoms with Crippen LogP contribution in [0, 0.1) is 5.41 Å². The van der Waals surface area contributed by atoms with E-state index < -0.39 is 28.9 Å². The van der Waals surface area contributed by atoms with E-state index in [-0.39, 0.29) is 25.7 Å². The normalized spacial score (nSPS) is 15.6. The van der Waals surface area contributed by atoms with Crippen molar-refractivity contribution in [3.63, 3.8) is 0 Å². The standard InChI is InChI=1S/C14H20O6/c15-10(12(18)14(8-9-14)13(19)20)6-4-2-1-3-5-7-11(16)17/h1-9H2,(H,16,17)(H,19,20). The zero-order chi connectivity index (χ0) is 15.2. The molecule has 6 heteroatoms. The number of unbranched alkanes of at least 4 members (excludes halogenated alkanes) is 4. The van der Waals surface area contributed by atoms with Gasteiger partial charge >= 0.3 is 11.9 Å². The van der Waals surface area contributed by atoms with Gasteiger partial charge in [0.25, 0.3) is 0 Å². The molecule has 0 unspecified atom stereocenters. The molecule has 1 saturated carbocycles. The molecule has 112 valence electrons. The summed E-state index contributed by atoms with van der Waals surface area (Å²) in [6, 6.07) is 0. The molecule has 20 heavy (non-hydrogen) atoms. The molecule has 0 aromatic heterocycles. The van der Waals surface area contributed by atoms with Crippen LogP contribution in [0.1, 0.15) is 57.8 Å². The number of ketones is 2. The van der Waals surface area contributed by atoms with Crippen molar-refractivity contribution in [2.45, 2.75) is 57.8 Å². The van der Waals surface area contributed by atoms with Crippen molar-refractivity contribution < 1.29 is 29.4 Å². The summed E-state index contributed by atoms with van der Waals surface area (Å²) in [7, 11) is 0. The average molecular weight is 284 g/mol. The maximum Gasteiger partial charge on any atom is 0.317 e. The molecule has 6 nitrogen and oxygen atoms in total. The predicted molar refractivity (Wildman–Crippen MR) is 69.3 cm³/mol. The highest BCUT2D eigenvalue weighted by Crippen LogP contribution is 2.47. The van der Waals surface area contributed by atoms with Gasteiger partial charge in [-0.2, -0.15) is 0 Å². The van der Waals surface area contributed by atoms with Gasteiger partial charge in [0, 0.05) is 12.8 Å². The molecule has 1 rings (SSSR count). The van der Waals surface area contributed by atoms with E-state index in [4.69, 9.17) is 10.2 Å². The fourth-order valence-electron chi connectivity index (χ4n) is 2.14. The maximum atomic E-state index is 11.7. The van der Waals surface area contributed by atoms with Gasteiger partial charge in [-0.1, -0.05) is 19.3 Å². The third kappa shape index (κ3) is 4.43. The van der Waals surface area contributed by atoms with Crippen LogP contribution in [-0.2, 0) is 19.2 Å². The molecule has 2 N–H and O–H groups in total. The second kappa shape index (κ2) is 7.17. The topological polar surface area (TPSA) is 109 Å². The predicted octanol–water partition coefficient (Wildman–Crippen LogP) is 1.80. The molecule has 0 aromatic rings. The van der Waals surface area contributed by atoms with Crippen LogP contribution in [0.25, 0.3) is 0 Å². The quantitative estimate of drug-likeness (QED) is 0.340. The summed E-state index contributed by atoms with van der Waals surface area (Å²) >= 11 is 0. The largest absolute Gasteiger partial charge is 0.481 e. The summed E-state index contributed by atoms with van der Waals surface area (Å²) < 4.78 is 0. The third-order valence-electron chi connectivity index (χ3n) is 3.64. The van der Waals surface area contributed by atoms with Crippen molar-refractivity contribution in [2.75, 3.05) is 0 Å². The molecule has 0 aliphatic heterocycles. The van der Waals surface area contributed by atoms with Crippen LogP contribution in [0.5, 0.6) is 0 Å². The van der Waals surface area contributed by atoms with Gasteiger partial charge < -0.3 is 10.2 Å². The van der Waals surface area contributed by atoms with Crippen LogP contribution in [0.2, 0.25) is 0 Å². The Labute approximate surface area is 117 Å². The van der Waals surface area contributed by atoms with Crippen LogP contribution < -0.4 is 0 Å². The van der Waals surface area contributed by atoms with Gasteiger partial charge in [0.05, 0.1) is 0 Å². The Bertz CT molecular complexity index is 408. The number of carboxylic acid groups (broad SMARTS) is 2. The van der Waals surface area contributed by atoms with Gasteiger partial charge in [0.15, 0.2) is 5.78 Å². The number of hydrogen-bond acceptors (Lipinski definition) is 4. The summed E-state index contributed by atoms with van der Waals surface area (Å²) in [6.07, 6.45) is 4.29. The Balaban J connectivity index is 2.13. The molecule has 0 bridgehead atoms. The van der Waals surface area contributed by atoms with E-state index in [0.29, 0.717) is 12.8 Å². The van der Waals surface area contributed by atoms with Crippen molar-refractivity contribution >= 4 is 23.5 Å². The van der Waals surface area contributed by atoms with E-state index in [1.807, 2.05) is 0 Å². The summed E-state index contributed by atoms with van der Waals surface area (Å²) in [5, 5.41) is 17.4. The van der Waals surface area contributed by atoms with E-state index >= 15 is 0 Å². The zero-order valence-electron chi connectivity index (χ0n) is 11.4. The Morgan fingerprint density at radius 1 is 0.800 bits per heavy atom. The van der Waals surface area contributed by atoms with Crippen LogP contribution >= 0.6 is 0 Å². The van der Waals surface area contributed by atoms with Crippen molar-refractivity contribution in [1.29, 1.82) is 0 Å². The molecule has 1 aliphatic rings. The van der Waals surface area contributed by atoms with Crippen molar-refractivity contribution in [1.82, 2.24) is 0 Å². The van der Waals surface area contributed by atoms with Crippen molar-refractivity contribution in [3.05, 3.63) is 0 Å². The highest BCUT2D eigenvalue weighted by molar-refractivity contribution is 6.43. The lowest BCUT2D eigenvalue weighted by Crippen LogP contribution is -2.31. The highest BCUT2D eigenvalue weighted by Gasteiger charge is 2.58. The first-order valence-electron chi connectivity index (χ1n) is 6.93. The summed E-state index contributed by atoms with van der Waals surface area (Å²) in [5.74, 6) is -3.34. The second-order valence-electron chi connectivity index (χ2n) is 5.30. The number of carbonyl (C=O) groups is 4. The first-order chi connectivity index (χ1) is 9.40. The van der Waals surface area contributed by atoms with E-state index in [2.05, 4.69) is 0 Å². The lowest BCUT2D eigenvalue weighted by molar-refractivity contribution is -0.152. The Hall–Kier alpha value is -1.72. The van der Waals surface area contributed by atoms with Crippen LogP contribution in [-0.4, -0.2) is 33.7 Å². The lowest BCUT2D eigenvalue weighted by Gasteiger charge is -2.07. The molecule has 0 amide bonds. The summed E-state index contributed by atoms with van der Waals surface area (Å²) in [4.78, 5) is 44.5. The number of aliphatic carboxylic acids is 2. The Morgan fingerprint density at radius 3 is 1.75 bits per heavy atom. The van der Waals surface area contributed by atoms with E-state index in [9.17, 15) is 19.2 Å². The second-order valence-corrected chi connectivity index (χ2v) is 5.30. The molecule has 0 spiro atoms. The average Bonchev–Trinajstić information content (AvgIpc) is 3.17. The van der Waals surface area contributed by atoms with Gasteiger partial charge in [-0.25, -0.2) is 0 Å². The number of hydrogen-bond donors (Lipinski definition) is 2. The molecular weight excluding hydrogens is 264 g/mol. The van der Waals surface area contributed by atoms with E-state index in [0.717, 1.165) is 19.3 Å². The van der Waals surface area contributed by atoms with Gasteiger partial charge in [-0.15, -0.1) is 0 Å². The number of Topliss-reactive ketones (excluding diaryl/α,β-unsaturated/α-hetero) is 2. The first-order valence-corrected chi connectivity index (χ1v) is 6.93. The number of carbonyl (C=O) groups excluding carboxylic acids is 2. The van der Waals surface area contributed by atoms with E-state index in [1.165, 1.54) is 0 Å². The molecular formula is C14H20O6. The van der Waals surface area contributed by atoms with E-state index in [1.54, 1.807) is 0 Å². The lowest BCUT2D eigenvalue weighted by atomic mass is 9.95. The Kier molecular flexibility index (Phi) is 5.85. The minimum Gasteiger partial charge on any atom is -0.481 e. The summed E-state index contributed by atoms with van der Waals surface area (Å²) in [5.41, 5.74) is -1.42. The smallest absolute Gasteiger partial charge is 0.317 e. The molecule has 0 atom stereocenters. The van der Waals surface area contributed by atoms with Crippen molar-refractivity contribution in [2.24, 2.45) is 5.41 Å². The van der Waals surface area contributed by atoms with Gasteiger partial charge in [0.2, 0.25) is 5.78 Å². The molecule has 1 aliphatic carbocycles. The minimum atomic E-state index is -1.42. The SMILES string of the molecule is O=C(O)CCCCCCCC(=O)C(=O)C1(C(=O)O)CC1. The van der Waals surface area contributed by atoms with Gasteiger partial charge in [-0.05, 0) is 25.7 Å². The van der Waals surface area contributed by atoms with Crippen LogP contribution in [0.15, 0.2) is 0 Å². The Morgan fingerprint density at radius 2 is 1.30 bits per heavy atom. The molecule has 0 aromatic carbocycles. The minimum absolute atomic E-state index is 0.0901. The third-order valence-corrected chi connectivity index (χ3v) is 3.64. The number of rotatable bonds is 11.